The zero-order chi connectivity index (χ0) is 23.6. The first-order valence-corrected chi connectivity index (χ1v) is 11.6. The van der Waals surface area contributed by atoms with Gasteiger partial charge >= 0.3 is 0 Å². The van der Waals surface area contributed by atoms with Gasteiger partial charge in [-0.05, 0) is 43.2 Å². The molecule has 2 aromatic carbocycles. The Morgan fingerprint density at radius 2 is 1.76 bits per heavy atom. The number of benzene rings is 2. The lowest BCUT2D eigenvalue weighted by Gasteiger charge is -2.43. The van der Waals surface area contributed by atoms with Crippen molar-refractivity contribution >= 4 is 40.7 Å². The van der Waals surface area contributed by atoms with Gasteiger partial charge in [-0.2, -0.15) is 0 Å². The molecule has 2 fully saturated rings. The average Bonchev–Trinajstić information content (AvgIpc) is 3.05. The Morgan fingerprint density at radius 1 is 1.06 bits per heavy atom. The van der Waals surface area contributed by atoms with Crippen LogP contribution in [0, 0.1) is 5.92 Å². The number of carbonyl (C=O) groups excluding carboxylic acids is 3. The third-order valence-electron chi connectivity index (χ3n) is 6.42. The van der Waals surface area contributed by atoms with Gasteiger partial charge in [0.2, 0.25) is 11.8 Å². The van der Waals surface area contributed by atoms with E-state index >= 15 is 0 Å². The van der Waals surface area contributed by atoms with Crippen molar-refractivity contribution in [3.8, 4) is 0 Å². The van der Waals surface area contributed by atoms with Gasteiger partial charge in [-0.3, -0.25) is 14.4 Å². The van der Waals surface area contributed by atoms with Crippen LogP contribution in [0.2, 0.25) is 5.02 Å². The number of para-hydroxylation sites is 1. The molecule has 2 aliphatic rings. The van der Waals surface area contributed by atoms with E-state index in [9.17, 15) is 14.4 Å². The van der Waals surface area contributed by atoms with E-state index in [1.807, 2.05) is 49.1 Å². The van der Waals surface area contributed by atoms with E-state index in [4.69, 9.17) is 11.6 Å². The topological polar surface area (TPSA) is 73.0 Å². The molecule has 8 heteroatoms. The van der Waals surface area contributed by atoms with Crippen LogP contribution in [0.3, 0.4) is 0 Å². The van der Waals surface area contributed by atoms with Crippen LogP contribution in [0.5, 0.6) is 0 Å². The second-order valence-electron chi connectivity index (χ2n) is 8.98. The number of hydrogen-bond donors (Lipinski definition) is 1. The summed E-state index contributed by atoms with van der Waals surface area (Å²) in [5.41, 5.74) is 0.771. The molecular formula is C25H29ClN4O3. The van der Waals surface area contributed by atoms with E-state index in [1.54, 1.807) is 29.2 Å². The maximum absolute atomic E-state index is 13.7. The predicted molar refractivity (Wildman–Crippen MR) is 129 cm³/mol. The predicted octanol–water partition coefficient (Wildman–Crippen LogP) is 3.60. The standard InChI is InChI=1S/C25H29ClN4O3/c1-18(2)23(32)28-13-11-25(12-14-28)24(33)29(17-30(25)21-9-4-3-5-10-21)16-22(31)27-20-8-6-7-19(26)15-20/h3-10,15,18H,11-14,16-17H2,1-2H3,(H,27,31). The molecule has 7 nitrogen and oxygen atoms in total. The van der Waals surface area contributed by atoms with E-state index in [-0.39, 0.29) is 30.2 Å². The summed E-state index contributed by atoms with van der Waals surface area (Å²) in [5, 5.41) is 3.35. The number of hydrogen-bond acceptors (Lipinski definition) is 4. The van der Waals surface area contributed by atoms with Crippen molar-refractivity contribution in [2.24, 2.45) is 5.92 Å². The Bertz CT molecular complexity index is 1030. The number of nitrogens with one attached hydrogen (secondary N) is 1. The van der Waals surface area contributed by atoms with E-state index in [2.05, 4.69) is 10.2 Å². The molecule has 174 valence electrons. The molecular weight excluding hydrogens is 440 g/mol. The van der Waals surface area contributed by atoms with Crippen LogP contribution in [-0.2, 0) is 14.4 Å². The number of nitrogens with zero attached hydrogens (tertiary/aromatic N) is 3. The fourth-order valence-corrected chi connectivity index (χ4v) is 4.91. The lowest BCUT2D eigenvalue weighted by molar-refractivity contribution is -0.140. The van der Waals surface area contributed by atoms with Gasteiger partial charge in [0, 0.05) is 35.4 Å². The van der Waals surface area contributed by atoms with Gasteiger partial charge in [0.1, 0.15) is 12.1 Å². The third-order valence-corrected chi connectivity index (χ3v) is 6.66. The van der Waals surface area contributed by atoms with Gasteiger partial charge in [0.05, 0.1) is 6.67 Å². The summed E-state index contributed by atoms with van der Waals surface area (Å²) in [5.74, 6) is -0.304. The first-order valence-electron chi connectivity index (χ1n) is 11.3. The molecule has 0 atom stereocenters. The highest BCUT2D eigenvalue weighted by Crippen LogP contribution is 2.39. The largest absolute Gasteiger partial charge is 0.342 e. The summed E-state index contributed by atoms with van der Waals surface area (Å²) >= 11 is 6.01. The monoisotopic (exact) mass is 468 g/mol. The Hall–Kier alpha value is -3.06. The van der Waals surface area contributed by atoms with Gasteiger partial charge in [-0.1, -0.05) is 49.7 Å². The summed E-state index contributed by atoms with van der Waals surface area (Å²) in [6.07, 6.45) is 1.07. The number of carbonyl (C=O) groups is 3. The number of rotatable bonds is 5. The van der Waals surface area contributed by atoms with Crippen LogP contribution in [0.1, 0.15) is 26.7 Å². The minimum Gasteiger partial charge on any atom is -0.342 e. The van der Waals surface area contributed by atoms with Crippen molar-refractivity contribution in [3.63, 3.8) is 0 Å². The molecule has 1 spiro atoms. The van der Waals surface area contributed by atoms with E-state index < -0.39 is 5.54 Å². The summed E-state index contributed by atoms with van der Waals surface area (Å²) in [6.45, 7) is 5.10. The SMILES string of the molecule is CC(C)C(=O)N1CCC2(CC1)C(=O)N(CC(=O)Nc1cccc(Cl)c1)CN2c1ccccc1. The first kappa shape index (κ1) is 23.1. The molecule has 0 saturated carbocycles. The molecule has 2 aromatic rings. The van der Waals surface area contributed by atoms with Crippen molar-refractivity contribution in [2.45, 2.75) is 32.2 Å². The Morgan fingerprint density at radius 3 is 2.39 bits per heavy atom. The van der Waals surface area contributed by atoms with Crippen molar-refractivity contribution < 1.29 is 14.4 Å². The lowest BCUT2D eigenvalue weighted by atomic mass is 9.85. The average molecular weight is 469 g/mol. The summed E-state index contributed by atoms with van der Waals surface area (Å²) in [6, 6.07) is 16.7. The minimum atomic E-state index is -0.758. The fourth-order valence-electron chi connectivity index (χ4n) is 4.72. The Balaban J connectivity index is 1.53. The molecule has 0 aliphatic carbocycles. The second kappa shape index (κ2) is 9.43. The van der Waals surface area contributed by atoms with Crippen molar-refractivity contribution in [3.05, 3.63) is 59.6 Å². The molecule has 2 heterocycles. The van der Waals surface area contributed by atoms with Crippen LogP contribution in [-0.4, -0.2) is 59.4 Å². The molecule has 3 amide bonds. The summed E-state index contributed by atoms with van der Waals surface area (Å²) in [7, 11) is 0. The van der Waals surface area contributed by atoms with Gasteiger partial charge in [0.15, 0.2) is 0 Å². The third kappa shape index (κ3) is 4.69. The molecule has 2 aliphatic heterocycles. The van der Waals surface area contributed by atoms with Crippen LogP contribution in [0.15, 0.2) is 54.6 Å². The summed E-state index contributed by atoms with van der Waals surface area (Å²) < 4.78 is 0. The van der Waals surface area contributed by atoms with E-state index in [0.717, 1.165) is 5.69 Å². The maximum Gasteiger partial charge on any atom is 0.250 e. The quantitative estimate of drug-likeness (QED) is 0.727. The maximum atomic E-state index is 13.7. The molecule has 2 saturated heterocycles. The number of piperidine rings is 1. The molecule has 1 N–H and O–H groups in total. The van der Waals surface area contributed by atoms with Crippen LogP contribution >= 0.6 is 11.6 Å². The van der Waals surface area contributed by atoms with E-state index in [0.29, 0.717) is 43.3 Å². The molecule has 33 heavy (non-hydrogen) atoms. The zero-order valence-corrected chi connectivity index (χ0v) is 19.7. The van der Waals surface area contributed by atoms with Gasteiger partial charge in [0.25, 0.3) is 5.91 Å². The smallest absolute Gasteiger partial charge is 0.250 e. The highest BCUT2D eigenvalue weighted by atomic mass is 35.5. The van der Waals surface area contributed by atoms with Crippen molar-refractivity contribution in [1.29, 1.82) is 0 Å². The first-order chi connectivity index (χ1) is 15.8. The minimum absolute atomic E-state index is 0.0505. The van der Waals surface area contributed by atoms with E-state index in [1.165, 1.54) is 0 Å². The number of likely N-dealkylation sites (tertiary alicyclic amines) is 1. The number of anilines is 2. The van der Waals surface area contributed by atoms with Crippen molar-refractivity contribution in [1.82, 2.24) is 9.80 Å². The molecule has 0 unspecified atom stereocenters. The molecule has 0 bridgehead atoms. The van der Waals surface area contributed by atoms with Crippen LogP contribution < -0.4 is 10.2 Å². The fraction of sp³-hybridized carbons (Fsp3) is 0.400. The summed E-state index contributed by atoms with van der Waals surface area (Å²) in [4.78, 5) is 44.5. The van der Waals surface area contributed by atoms with Gasteiger partial charge < -0.3 is 20.0 Å². The molecule has 0 aromatic heterocycles. The van der Waals surface area contributed by atoms with Gasteiger partial charge in [-0.25, -0.2) is 0 Å². The normalized spacial score (nSPS) is 17.7. The lowest BCUT2D eigenvalue weighted by Crippen LogP contribution is -2.57. The Labute approximate surface area is 199 Å². The highest BCUT2D eigenvalue weighted by molar-refractivity contribution is 6.30. The van der Waals surface area contributed by atoms with Crippen molar-refractivity contribution in [2.75, 3.05) is 36.5 Å². The van der Waals surface area contributed by atoms with Gasteiger partial charge in [-0.15, -0.1) is 0 Å². The molecule has 0 radical (unpaired) electrons. The second-order valence-corrected chi connectivity index (χ2v) is 9.41. The van der Waals surface area contributed by atoms with Crippen LogP contribution in [0.4, 0.5) is 11.4 Å². The zero-order valence-electron chi connectivity index (χ0n) is 19.0. The van der Waals surface area contributed by atoms with Crippen LogP contribution in [0.25, 0.3) is 0 Å². The number of amides is 3. The Kier molecular flexibility index (Phi) is 6.61. The molecule has 4 rings (SSSR count). The highest BCUT2D eigenvalue weighted by Gasteiger charge is 2.54. The number of halogens is 1.